The summed E-state index contributed by atoms with van der Waals surface area (Å²) in [7, 11) is 0. The molecule has 0 aliphatic carbocycles. The molecule has 1 nitrogen and oxygen atoms in total. The molecule has 11 heavy (non-hydrogen) atoms. The Morgan fingerprint density at radius 1 is 1.45 bits per heavy atom. The van der Waals surface area contributed by atoms with Crippen molar-refractivity contribution in [3.05, 3.63) is 23.9 Å². The molecule has 62 valence electrons. The van der Waals surface area contributed by atoms with Gasteiger partial charge in [0, 0.05) is 28.9 Å². The van der Waals surface area contributed by atoms with Gasteiger partial charge in [0.2, 0.25) is 0 Å². The van der Waals surface area contributed by atoms with Crippen molar-refractivity contribution >= 4 is 16.1 Å². The molecule has 0 saturated heterocycles. The summed E-state index contributed by atoms with van der Waals surface area (Å²) in [4.78, 5) is 0. The van der Waals surface area contributed by atoms with Gasteiger partial charge in [-0.25, -0.2) is 0 Å². The molecule has 0 atom stereocenters. The van der Waals surface area contributed by atoms with E-state index in [1.807, 2.05) is 3.93 Å². The molecule has 1 aliphatic heterocycles. The molecule has 0 unspecified atom stereocenters. The summed E-state index contributed by atoms with van der Waals surface area (Å²) in [5.74, 6) is 0. The fourth-order valence-electron chi connectivity index (χ4n) is 1.03. The van der Waals surface area contributed by atoms with E-state index in [2.05, 4.69) is 55.3 Å². The van der Waals surface area contributed by atoms with E-state index in [4.69, 9.17) is 0 Å². The Morgan fingerprint density at radius 3 is 2.45 bits per heavy atom. The van der Waals surface area contributed by atoms with Crippen molar-refractivity contribution < 1.29 is 0 Å². The van der Waals surface area contributed by atoms with Crippen molar-refractivity contribution in [3.63, 3.8) is 0 Å². The van der Waals surface area contributed by atoms with Gasteiger partial charge < -0.3 is 3.93 Å². The predicted molar refractivity (Wildman–Crippen MR) is 52.3 cm³/mol. The van der Waals surface area contributed by atoms with Crippen LogP contribution in [0.3, 0.4) is 0 Å². The van der Waals surface area contributed by atoms with Crippen LogP contribution in [-0.2, 0) is 0 Å². The Hall–Kier alpha value is -0.240. The molecule has 0 radical (unpaired) electrons. The highest BCUT2D eigenvalue weighted by Crippen LogP contribution is 2.28. The van der Waals surface area contributed by atoms with Gasteiger partial charge in [-0.15, -0.1) is 0 Å². The van der Waals surface area contributed by atoms with E-state index < -0.39 is 0 Å². The number of rotatable bonds is 0. The Morgan fingerprint density at radius 2 is 2.09 bits per heavy atom. The van der Waals surface area contributed by atoms with Gasteiger partial charge in [0.25, 0.3) is 0 Å². The minimum absolute atomic E-state index is 0.282. The minimum Gasteiger partial charge on any atom is -0.312 e. The fourth-order valence-corrected chi connectivity index (χ4v) is 1.29. The summed E-state index contributed by atoms with van der Waals surface area (Å²) in [6, 6.07) is 0. The average molecular weight is 216 g/mol. The van der Waals surface area contributed by atoms with Crippen LogP contribution in [-0.4, -0.2) is 10.5 Å². The Balaban J connectivity index is 2.71. The van der Waals surface area contributed by atoms with Crippen LogP contribution in [0, 0.1) is 5.41 Å². The van der Waals surface area contributed by atoms with Crippen molar-refractivity contribution in [2.45, 2.75) is 20.8 Å². The van der Waals surface area contributed by atoms with E-state index in [0.717, 1.165) is 6.54 Å². The van der Waals surface area contributed by atoms with Gasteiger partial charge >= 0.3 is 0 Å². The average Bonchev–Trinajstić information content (AvgIpc) is 1.86. The van der Waals surface area contributed by atoms with Gasteiger partial charge in [-0.2, -0.15) is 0 Å². The van der Waals surface area contributed by atoms with Crippen LogP contribution in [0.5, 0.6) is 0 Å². The Bertz CT molecular complexity index is 198. The molecule has 0 spiro atoms. The summed E-state index contributed by atoms with van der Waals surface area (Å²) in [6.45, 7) is 7.65. The normalized spacial score (nSPS) is 18.5. The van der Waals surface area contributed by atoms with Crippen molar-refractivity contribution in [1.29, 1.82) is 0 Å². The molecule has 0 saturated carbocycles. The summed E-state index contributed by atoms with van der Waals surface area (Å²) < 4.78 is 1.99. The zero-order chi connectivity index (χ0) is 8.48. The van der Waals surface area contributed by atoms with Gasteiger partial charge in [-0.05, 0) is 17.1 Å². The summed E-state index contributed by atoms with van der Waals surface area (Å²) >= 11 is 3.38. The molecular weight excluding hydrogens is 202 g/mol. The van der Waals surface area contributed by atoms with Gasteiger partial charge in [0.05, 0.1) is 0 Å². The smallest absolute Gasteiger partial charge is 0.0494 e. The van der Waals surface area contributed by atoms with E-state index >= 15 is 0 Å². The number of allylic oxidation sites excluding steroid dienone is 2. The molecule has 0 aromatic carbocycles. The second kappa shape index (κ2) is 3.02. The maximum atomic E-state index is 3.38. The van der Waals surface area contributed by atoms with Crippen molar-refractivity contribution in [2.75, 3.05) is 6.54 Å². The third-order valence-electron chi connectivity index (χ3n) is 1.77. The second-order valence-corrected chi connectivity index (χ2v) is 4.72. The quantitative estimate of drug-likeness (QED) is 0.562. The molecule has 0 aromatic rings. The van der Waals surface area contributed by atoms with Gasteiger partial charge in [-0.1, -0.05) is 26.8 Å². The van der Waals surface area contributed by atoms with Crippen molar-refractivity contribution in [2.24, 2.45) is 5.41 Å². The minimum atomic E-state index is 0.282. The first-order chi connectivity index (χ1) is 5.00. The fraction of sp³-hybridized carbons (Fsp3) is 0.556. The number of hydrogen-bond donors (Lipinski definition) is 0. The van der Waals surface area contributed by atoms with Crippen molar-refractivity contribution in [3.8, 4) is 0 Å². The van der Waals surface area contributed by atoms with Gasteiger partial charge in [0.1, 0.15) is 0 Å². The van der Waals surface area contributed by atoms with Crippen LogP contribution < -0.4 is 0 Å². The van der Waals surface area contributed by atoms with E-state index in [0.29, 0.717) is 0 Å². The summed E-state index contributed by atoms with van der Waals surface area (Å²) in [5, 5.41) is 0. The first-order valence-corrected chi connectivity index (χ1v) is 4.52. The number of nitrogens with zero attached hydrogens (tertiary/aromatic N) is 1. The lowest BCUT2D eigenvalue weighted by Gasteiger charge is -2.24. The number of halogens is 1. The van der Waals surface area contributed by atoms with E-state index in [-0.39, 0.29) is 5.41 Å². The molecule has 0 amide bonds. The van der Waals surface area contributed by atoms with Crippen LogP contribution in [0.4, 0.5) is 0 Å². The third kappa shape index (κ3) is 2.37. The lowest BCUT2D eigenvalue weighted by atomic mass is 9.85. The largest absolute Gasteiger partial charge is 0.312 e. The van der Waals surface area contributed by atoms with Crippen LogP contribution in [0.15, 0.2) is 23.9 Å². The number of hydrogen-bond acceptors (Lipinski definition) is 1. The van der Waals surface area contributed by atoms with Crippen LogP contribution in [0.2, 0.25) is 0 Å². The van der Waals surface area contributed by atoms with E-state index in [1.165, 1.54) is 5.57 Å². The van der Waals surface area contributed by atoms with Gasteiger partial charge in [0.15, 0.2) is 0 Å². The Kier molecular flexibility index (Phi) is 2.43. The lowest BCUT2D eigenvalue weighted by molar-refractivity contribution is 0.506. The molecular formula is C9H14BrN. The molecule has 0 fully saturated rings. The molecule has 1 heterocycles. The second-order valence-electron chi connectivity index (χ2n) is 3.81. The summed E-state index contributed by atoms with van der Waals surface area (Å²) in [5.41, 5.74) is 1.69. The molecule has 0 aromatic heterocycles. The highest BCUT2D eigenvalue weighted by molar-refractivity contribution is 9.07. The first kappa shape index (κ1) is 8.85. The van der Waals surface area contributed by atoms with Crippen LogP contribution >= 0.6 is 16.1 Å². The lowest BCUT2D eigenvalue weighted by Crippen LogP contribution is -2.15. The molecule has 1 aliphatic rings. The first-order valence-electron chi connectivity index (χ1n) is 3.81. The zero-order valence-electron chi connectivity index (χ0n) is 7.26. The molecule has 0 bridgehead atoms. The van der Waals surface area contributed by atoms with Crippen LogP contribution in [0.1, 0.15) is 20.8 Å². The Labute approximate surface area is 77.1 Å². The van der Waals surface area contributed by atoms with E-state index in [1.54, 1.807) is 0 Å². The van der Waals surface area contributed by atoms with E-state index in [9.17, 15) is 0 Å². The highest BCUT2D eigenvalue weighted by atomic mass is 79.9. The van der Waals surface area contributed by atoms with Gasteiger partial charge in [-0.3, -0.25) is 0 Å². The SMILES string of the molecule is CC(C)(C)C1=CCN(Br)C=C1. The zero-order valence-corrected chi connectivity index (χ0v) is 8.85. The monoisotopic (exact) mass is 215 g/mol. The topological polar surface area (TPSA) is 3.24 Å². The maximum absolute atomic E-state index is 3.38. The third-order valence-corrected chi connectivity index (χ3v) is 2.29. The van der Waals surface area contributed by atoms with Crippen molar-refractivity contribution in [1.82, 2.24) is 3.93 Å². The molecule has 1 rings (SSSR count). The standard InChI is InChI=1S/C9H14BrN/c1-9(2,3)8-4-6-11(10)7-5-8/h4-6H,7H2,1-3H3. The summed E-state index contributed by atoms with van der Waals surface area (Å²) in [6.07, 6.45) is 6.45. The highest BCUT2D eigenvalue weighted by Gasteiger charge is 2.16. The molecule has 0 N–H and O–H groups in total. The molecule has 2 heteroatoms. The maximum Gasteiger partial charge on any atom is 0.0494 e. The predicted octanol–water partition coefficient (Wildman–Crippen LogP) is 3.10. The van der Waals surface area contributed by atoms with Crippen LogP contribution in [0.25, 0.3) is 0 Å².